The first-order valence-corrected chi connectivity index (χ1v) is 11.2. The molecule has 0 aliphatic heterocycles. The number of rotatable bonds is 4. The number of carbonyl (C=O) groups is 2. The molecule has 0 atom stereocenters. The quantitative estimate of drug-likeness (QED) is 0.437. The predicted molar refractivity (Wildman–Crippen MR) is 122 cm³/mol. The highest BCUT2D eigenvalue weighted by Gasteiger charge is 2.30. The molecule has 0 bridgehead atoms. The summed E-state index contributed by atoms with van der Waals surface area (Å²) < 4.78 is 12.8. The molecule has 1 amide bonds. The van der Waals surface area contributed by atoms with Crippen molar-refractivity contribution in [2.24, 2.45) is 5.92 Å². The molecule has 1 aromatic carbocycles. The molecule has 1 fully saturated rings. The fourth-order valence-corrected chi connectivity index (χ4v) is 4.02. The second kappa shape index (κ2) is 7.59. The molecule has 0 saturated heterocycles. The highest BCUT2D eigenvalue weighted by molar-refractivity contribution is 7.21. The van der Waals surface area contributed by atoms with Crippen LogP contribution in [0.25, 0.3) is 21.1 Å². The molecule has 1 aliphatic rings. The molecule has 1 aliphatic carbocycles. The van der Waals surface area contributed by atoms with Gasteiger partial charge in [0.05, 0.1) is 0 Å². The average Bonchev–Trinajstić information content (AvgIpc) is 3.36. The molecular formula is C23H22N4O4S. The van der Waals surface area contributed by atoms with Crippen molar-refractivity contribution in [3.8, 4) is 11.6 Å². The van der Waals surface area contributed by atoms with E-state index in [2.05, 4.69) is 15.3 Å². The Kier molecular flexibility index (Phi) is 4.85. The lowest BCUT2D eigenvalue weighted by Crippen LogP contribution is -2.26. The van der Waals surface area contributed by atoms with Gasteiger partial charge in [-0.25, -0.2) is 14.8 Å². The molecule has 8 nitrogen and oxygen atoms in total. The van der Waals surface area contributed by atoms with Gasteiger partial charge in [0.1, 0.15) is 21.7 Å². The summed E-state index contributed by atoms with van der Waals surface area (Å²) >= 11 is 1.32. The number of hydrogen-bond donors (Lipinski definition) is 1. The van der Waals surface area contributed by atoms with Gasteiger partial charge in [-0.1, -0.05) is 11.3 Å². The molecule has 4 aromatic rings. The van der Waals surface area contributed by atoms with Gasteiger partial charge in [0, 0.05) is 35.2 Å². The van der Waals surface area contributed by atoms with Crippen LogP contribution in [0.5, 0.6) is 11.6 Å². The van der Waals surface area contributed by atoms with Gasteiger partial charge >= 0.3 is 6.09 Å². The first-order valence-electron chi connectivity index (χ1n) is 10.3. The monoisotopic (exact) mass is 450 g/mol. The molecule has 3 aromatic heterocycles. The van der Waals surface area contributed by atoms with Crippen molar-refractivity contribution in [2.75, 3.05) is 5.32 Å². The molecule has 1 saturated carbocycles. The van der Waals surface area contributed by atoms with E-state index in [9.17, 15) is 9.59 Å². The minimum Gasteiger partial charge on any atom is -0.443 e. The van der Waals surface area contributed by atoms with Crippen LogP contribution in [-0.4, -0.2) is 32.1 Å². The molecule has 1 N–H and O–H groups in total. The van der Waals surface area contributed by atoms with Crippen LogP contribution in [0, 0.1) is 5.92 Å². The van der Waals surface area contributed by atoms with Crippen molar-refractivity contribution in [2.45, 2.75) is 39.2 Å². The van der Waals surface area contributed by atoms with Gasteiger partial charge in [0.15, 0.2) is 5.13 Å². The first-order chi connectivity index (χ1) is 15.2. The summed E-state index contributed by atoms with van der Waals surface area (Å²) in [7, 11) is 0. The van der Waals surface area contributed by atoms with Crippen LogP contribution in [0.2, 0.25) is 0 Å². The molecule has 164 valence electrons. The minimum atomic E-state index is -0.566. The van der Waals surface area contributed by atoms with E-state index in [4.69, 9.17) is 9.47 Å². The van der Waals surface area contributed by atoms with Crippen LogP contribution >= 0.6 is 11.3 Å². The summed E-state index contributed by atoms with van der Waals surface area (Å²) in [5.41, 5.74) is 0.141. The maximum Gasteiger partial charge on any atom is 0.418 e. The van der Waals surface area contributed by atoms with E-state index in [1.165, 1.54) is 15.9 Å². The van der Waals surface area contributed by atoms with Crippen LogP contribution in [0.3, 0.4) is 0 Å². The lowest BCUT2D eigenvalue weighted by Gasteiger charge is -2.19. The molecule has 9 heteroatoms. The third-order valence-corrected chi connectivity index (χ3v) is 5.73. The Bertz CT molecular complexity index is 1350. The van der Waals surface area contributed by atoms with Gasteiger partial charge < -0.3 is 14.8 Å². The van der Waals surface area contributed by atoms with E-state index >= 15 is 0 Å². The Hall–Kier alpha value is -3.46. The van der Waals surface area contributed by atoms with Crippen LogP contribution in [0.15, 0.2) is 42.7 Å². The lowest BCUT2D eigenvalue weighted by atomic mass is 10.2. The Balaban J connectivity index is 1.34. The number of nitrogens with one attached hydrogen (secondary N) is 1. The Labute approximate surface area is 188 Å². The SMILES string of the molecule is CC(C)(C)OC(=O)n1cc2ccc(Oc3ccc4nc(NC(=O)C5CC5)sc4n3)cc2c1. The standard InChI is InChI=1S/C23H22N4O4S/c1-23(2,3)31-22(29)27-11-14-6-7-16(10-15(14)12-27)30-18-9-8-17-20(25-18)32-21(24-17)26-19(28)13-4-5-13/h6-13H,4-5H2,1-3H3,(H,24,26,28). The number of anilines is 1. The normalized spacial score (nSPS) is 14.0. The maximum absolute atomic E-state index is 12.3. The zero-order valence-electron chi connectivity index (χ0n) is 17.9. The maximum atomic E-state index is 12.3. The molecule has 5 rings (SSSR count). The van der Waals surface area contributed by atoms with E-state index in [1.807, 2.05) is 45.0 Å². The fraction of sp³-hybridized carbons (Fsp3) is 0.304. The van der Waals surface area contributed by atoms with Crippen molar-refractivity contribution in [1.29, 1.82) is 0 Å². The fourth-order valence-electron chi connectivity index (χ4n) is 3.19. The van der Waals surface area contributed by atoms with Crippen molar-refractivity contribution < 1.29 is 19.1 Å². The highest BCUT2D eigenvalue weighted by Crippen LogP contribution is 2.33. The number of hydrogen-bond acceptors (Lipinski definition) is 7. The number of carbonyl (C=O) groups excluding carboxylic acids is 2. The number of thiazole rings is 1. The third kappa shape index (κ3) is 4.43. The molecule has 0 radical (unpaired) electrons. The van der Waals surface area contributed by atoms with Gasteiger partial charge in [0.25, 0.3) is 0 Å². The summed E-state index contributed by atoms with van der Waals surface area (Å²) in [6.07, 6.45) is 4.90. The Morgan fingerprint density at radius 3 is 2.62 bits per heavy atom. The summed E-state index contributed by atoms with van der Waals surface area (Å²) in [6.45, 7) is 5.49. The predicted octanol–water partition coefficient (Wildman–Crippen LogP) is 5.57. The first kappa shape index (κ1) is 20.4. The number of aromatic nitrogens is 3. The summed E-state index contributed by atoms with van der Waals surface area (Å²) in [6, 6.07) is 9.10. The van der Waals surface area contributed by atoms with Crippen LogP contribution in [-0.2, 0) is 9.53 Å². The lowest BCUT2D eigenvalue weighted by molar-refractivity contribution is -0.117. The number of ether oxygens (including phenoxy) is 2. The van der Waals surface area contributed by atoms with Crippen molar-refractivity contribution >= 4 is 49.6 Å². The van der Waals surface area contributed by atoms with Gasteiger partial charge in [0.2, 0.25) is 11.8 Å². The van der Waals surface area contributed by atoms with E-state index in [0.29, 0.717) is 27.1 Å². The van der Waals surface area contributed by atoms with Crippen LogP contribution in [0.4, 0.5) is 9.93 Å². The van der Waals surface area contributed by atoms with Gasteiger partial charge in [-0.3, -0.25) is 9.36 Å². The van der Waals surface area contributed by atoms with E-state index < -0.39 is 11.7 Å². The Morgan fingerprint density at radius 1 is 1.09 bits per heavy atom. The van der Waals surface area contributed by atoms with Crippen molar-refractivity contribution in [3.05, 3.63) is 42.7 Å². The molecule has 0 unspecified atom stereocenters. The second-order valence-electron chi connectivity index (χ2n) is 8.79. The molecular weight excluding hydrogens is 428 g/mol. The number of pyridine rings is 1. The summed E-state index contributed by atoms with van der Waals surface area (Å²) in [4.78, 5) is 33.9. The van der Waals surface area contributed by atoms with Crippen molar-refractivity contribution in [3.63, 3.8) is 0 Å². The zero-order valence-corrected chi connectivity index (χ0v) is 18.7. The zero-order chi connectivity index (χ0) is 22.5. The average molecular weight is 451 g/mol. The van der Waals surface area contributed by atoms with E-state index in [-0.39, 0.29) is 11.8 Å². The molecule has 3 heterocycles. The number of nitrogens with zero attached hydrogens (tertiary/aromatic N) is 3. The number of fused-ring (bicyclic) bond motifs is 2. The second-order valence-corrected chi connectivity index (χ2v) is 9.77. The minimum absolute atomic E-state index is 0.0205. The van der Waals surface area contributed by atoms with Gasteiger partial charge in [-0.15, -0.1) is 0 Å². The topological polar surface area (TPSA) is 95.3 Å². The molecule has 32 heavy (non-hydrogen) atoms. The number of benzene rings is 1. The van der Waals surface area contributed by atoms with Crippen molar-refractivity contribution in [1.82, 2.24) is 14.5 Å². The van der Waals surface area contributed by atoms with E-state index in [1.54, 1.807) is 18.5 Å². The largest absolute Gasteiger partial charge is 0.443 e. The third-order valence-electron chi connectivity index (χ3n) is 4.85. The van der Waals surface area contributed by atoms with Gasteiger partial charge in [-0.2, -0.15) is 0 Å². The Morgan fingerprint density at radius 2 is 1.88 bits per heavy atom. The number of amides is 1. The van der Waals surface area contributed by atoms with Gasteiger partial charge in [-0.05, 0) is 57.9 Å². The summed E-state index contributed by atoms with van der Waals surface area (Å²) in [5.74, 6) is 1.16. The van der Waals surface area contributed by atoms with Crippen LogP contribution in [0.1, 0.15) is 33.6 Å². The van der Waals surface area contributed by atoms with E-state index in [0.717, 1.165) is 23.6 Å². The highest BCUT2D eigenvalue weighted by atomic mass is 32.1. The summed E-state index contributed by atoms with van der Waals surface area (Å²) in [5, 5.41) is 5.14. The smallest absolute Gasteiger partial charge is 0.418 e. The van der Waals surface area contributed by atoms with Crippen LogP contribution < -0.4 is 10.1 Å². The molecule has 0 spiro atoms.